The van der Waals surface area contributed by atoms with Crippen LogP contribution in [0.2, 0.25) is 0 Å². The number of carbonyl (C=O) groups excluding carboxylic acids is 2. The number of hydrogen-bond donors (Lipinski definition) is 1. The van der Waals surface area contributed by atoms with Crippen molar-refractivity contribution in [3.05, 3.63) is 89.3 Å². The van der Waals surface area contributed by atoms with E-state index >= 15 is 0 Å². The molecular formula is C22H17NO4. The fourth-order valence-corrected chi connectivity index (χ4v) is 3.38. The molecule has 5 nitrogen and oxygen atoms in total. The topological polar surface area (TPSA) is 78.6 Å². The van der Waals surface area contributed by atoms with Gasteiger partial charge in [0, 0.05) is 5.56 Å². The summed E-state index contributed by atoms with van der Waals surface area (Å²) in [4.78, 5) is 24.9. The van der Waals surface area contributed by atoms with E-state index in [-0.39, 0.29) is 17.2 Å². The molecule has 0 spiro atoms. The molecule has 4 rings (SSSR count). The van der Waals surface area contributed by atoms with Gasteiger partial charge in [-0.3, -0.25) is 4.79 Å². The molecule has 1 unspecified atom stereocenters. The van der Waals surface area contributed by atoms with E-state index in [1.807, 2.05) is 42.5 Å². The highest BCUT2D eigenvalue weighted by Crippen LogP contribution is 2.38. The second-order valence-electron chi connectivity index (χ2n) is 6.24. The Morgan fingerprint density at radius 3 is 2.59 bits per heavy atom. The Balaban J connectivity index is 1.75. The molecule has 0 saturated heterocycles. The van der Waals surface area contributed by atoms with Gasteiger partial charge in [-0.15, -0.1) is 0 Å². The minimum atomic E-state index is -0.812. The Labute approximate surface area is 156 Å². The molecule has 0 aliphatic carbocycles. The molecule has 0 radical (unpaired) electrons. The fourth-order valence-electron chi connectivity index (χ4n) is 3.38. The number of ketones is 1. The van der Waals surface area contributed by atoms with Gasteiger partial charge in [-0.1, -0.05) is 54.6 Å². The molecule has 134 valence electrons. The number of ether oxygens (including phenoxy) is 2. The van der Waals surface area contributed by atoms with Gasteiger partial charge in [0.1, 0.15) is 0 Å². The van der Waals surface area contributed by atoms with Crippen LogP contribution in [0, 0.1) is 0 Å². The summed E-state index contributed by atoms with van der Waals surface area (Å²) in [5, 5.41) is 1.96. The largest absolute Gasteiger partial charge is 0.465 e. The van der Waals surface area contributed by atoms with Crippen molar-refractivity contribution in [3.8, 4) is 0 Å². The van der Waals surface area contributed by atoms with E-state index in [1.54, 1.807) is 24.3 Å². The van der Waals surface area contributed by atoms with Crippen molar-refractivity contribution in [2.45, 2.75) is 6.10 Å². The van der Waals surface area contributed by atoms with Crippen LogP contribution < -0.4 is 5.73 Å². The van der Waals surface area contributed by atoms with Crippen LogP contribution in [0.4, 0.5) is 0 Å². The summed E-state index contributed by atoms with van der Waals surface area (Å²) in [6.45, 7) is 0. The molecule has 2 N–H and O–H groups in total. The van der Waals surface area contributed by atoms with Gasteiger partial charge in [0.25, 0.3) is 0 Å². The summed E-state index contributed by atoms with van der Waals surface area (Å²) >= 11 is 0. The lowest BCUT2D eigenvalue weighted by molar-refractivity contribution is -0.120. The van der Waals surface area contributed by atoms with Gasteiger partial charge in [-0.2, -0.15) is 0 Å². The predicted molar refractivity (Wildman–Crippen MR) is 102 cm³/mol. The van der Waals surface area contributed by atoms with Crippen LogP contribution in [0.3, 0.4) is 0 Å². The number of methoxy groups -OCH3 is 1. The van der Waals surface area contributed by atoms with Gasteiger partial charge in [0.15, 0.2) is 12.0 Å². The zero-order valence-corrected chi connectivity index (χ0v) is 14.6. The number of carbonyl (C=O) groups is 2. The summed E-state index contributed by atoms with van der Waals surface area (Å²) in [6.07, 6.45) is -0.812. The lowest BCUT2D eigenvalue weighted by atomic mass is 9.93. The first kappa shape index (κ1) is 16.8. The molecule has 0 fully saturated rings. The van der Waals surface area contributed by atoms with Crippen LogP contribution in [-0.2, 0) is 14.3 Å². The highest BCUT2D eigenvalue weighted by Gasteiger charge is 2.37. The third-order valence-electron chi connectivity index (χ3n) is 4.65. The first-order chi connectivity index (χ1) is 13.1. The van der Waals surface area contributed by atoms with Gasteiger partial charge >= 0.3 is 5.97 Å². The smallest absolute Gasteiger partial charge is 0.337 e. The summed E-state index contributed by atoms with van der Waals surface area (Å²) in [6, 6.07) is 20.1. The molecule has 1 aliphatic heterocycles. The van der Waals surface area contributed by atoms with E-state index in [2.05, 4.69) is 0 Å². The highest BCUT2D eigenvalue weighted by molar-refractivity contribution is 6.25. The maximum atomic E-state index is 13.1. The average molecular weight is 359 g/mol. The molecule has 27 heavy (non-hydrogen) atoms. The van der Waals surface area contributed by atoms with Crippen molar-refractivity contribution < 1.29 is 19.1 Å². The zero-order chi connectivity index (χ0) is 19.0. The normalized spacial score (nSPS) is 16.5. The van der Waals surface area contributed by atoms with Crippen LogP contribution in [0.15, 0.2) is 72.6 Å². The van der Waals surface area contributed by atoms with Crippen molar-refractivity contribution in [2.75, 3.05) is 7.11 Å². The van der Waals surface area contributed by atoms with Gasteiger partial charge in [-0.05, 0) is 28.5 Å². The second-order valence-corrected chi connectivity index (χ2v) is 6.24. The number of rotatable bonds is 3. The SMILES string of the molecule is COC(=O)c1cccc(C2=C(N)OC(c3cccc4ccccc34)C2=O)c1. The molecule has 3 aromatic carbocycles. The third-order valence-corrected chi connectivity index (χ3v) is 4.65. The first-order valence-corrected chi connectivity index (χ1v) is 8.47. The van der Waals surface area contributed by atoms with E-state index < -0.39 is 12.1 Å². The first-order valence-electron chi connectivity index (χ1n) is 8.47. The van der Waals surface area contributed by atoms with Crippen LogP contribution in [-0.4, -0.2) is 18.9 Å². The Bertz CT molecular complexity index is 1090. The molecule has 5 heteroatoms. The maximum Gasteiger partial charge on any atom is 0.337 e. The number of hydrogen-bond acceptors (Lipinski definition) is 5. The average Bonchev–Trinajstić information content (AvgIpc) is 3.01. The maximum absolute atomic E-state index is 13.1. The minimum absolute atomic E-state index is 0.0555. The summed E-state index contributed by atoms with van der Waals surface area (Å²) in [5.41, 5.74) is 7.97. The van der Waals surface area contributed by atoms with E-state index in [1.165, 1.54) is 7.11 Å². The van der Waals surface area contributed by atoms with Gasteiger partial charge in [0.05, 0.1) is 18.2 Å². The minimum Gasteiger partial charge on any atom is -0.465 e. The molecule has 0 bridgehead atoms. The number of esters is 1. The molecule has 1 atom stereocenters. The number of fused-ring (bicyclic) bond motifs is 1. The van der Waals surface area contributed by atoms with Crippen molar-refractivity contribution in [1.82, 2.24) is 0 Å². The van der Waals surface area contributed by atoms with Gasteiger partial charge < -0.3 is 15.2 Å². The zero-order valence-electron chi connectivity index (χ0n) is 14.6. The van der Waals surface area contributed by atoms with Gasteiger partial charge in [0.2, 0.25) is 5.78 Å². The van der Waals surface area contributed by atoms with Crippen molar-refractivity contribution in [1.29, 1.82) is 0 Å². The number of Topliss-reactive ketones (excluding diaryl/α,β-unsaturated/α-hetero) is 1. The summed E-state index contributed by atoms with van der Waals surface area (Å²) in [5.74, 6) is -0.654. The Kier molecular flexibility index (Phi) is 4.12. The lowest BCUT2D eigenvalue weighted by Gasteiger charge is -2.13. The molecule has 1 aliphatic rings. The number of nitrogens with two attached hydrogens (primary N) is 1. The molecule has 0 saturated carbocycles. The summed E-state index contributed by atoms with van der Waals surface area (Å²) in [7, 11) is 1.31. The molecule has 0 amide bonds. The van der Waals surface area contributed by atoms with Crippen molar-refractivity contribution in [2.24, 2.45) is 5.73 Å². The predicted octanol–water partition coefficient (Wildman–Crippen LogP) is 3.59. The molecule has 0 aromatic heterocycles. The van der Waals surface area contributed by atoms with Crippen molar-refractivity contribution >= 4 is 28.1 Å². The van der Waals surface area contributed by atoms with Crippen LogP contribution in [0.25, 0.3) is 16.3 Å². The van der Waals surface area contributed by atoms with Gasteiger partial charge in [-0.25, -0.2) is 4.79 Å². The molecular weight excluding hydrogens is 342 g/mol. The highest BCUT2D eigenvalue weighted by atomic mass is 16.5. The third kappa shape index (κ3) is 2.83. The van der Waals surface area contributed by atoms with E-state index in [0.717, 1.165) is 16.3 Å². The van der Waals surface area contributed by atoms with E-state index in [0.29, 0.717) is 11.1 Å². The summed E-state index contributed by atoms with van der Waals surface area (Å²) < 4.78 is 10.5. The molecule has 3 aromatic rings. The van der Waals surface area contributed by atoms with E-state index in [9.17, 15) is 9.59 Å². The Hall–Kier alpha value is -3.60. The van der Waals surface area contributed by atoms with Crippen molar-refractivity contribution in [3.63, 3.8) is 0 Å². The fraction of sp³-hybridized carbons (Fsp3) is 0.0909. The van der Waals surface area contributed by atoms with Crippen LogP contribution >= 0.6 is 0 Å². The quantitative estimate of drug-likeness (QED) is 0.723. The monoisotopic (exact) mass is 359 g/mol. The van der Waals surface area contributed by atoms with Crippen LogP contribution in [0.1, 0.15) is 27.6 Å². The Morgan fingerprint density at radius 2 is 1.78 bits per heavy atom. The van der Waals surface area contributed by atoms with Crippen LogP contribution in [0.5, 0.6) is 0 Å². The molecule has 1 heterocycles. The number of benzene rings is 3. The second kappa shape index (κ2) is 6.61. The lowest BCUT2D eigenvalue weighted by Crippen LogP contribution is -2.10. The standard InChI is InChI=1S/C22H17NO4/c1-26-22(25)15-9-4-8-14(12-15)18-19(24)20(27-21(18)23)17-11-5-7-13-6-2-3-10-16(13)17/h2-12,20H,23H2,1H3. The van der Waals surface area contributed by atoms with E-state index in [4.69, 9.17) is 15.2 Å². The Morgan fingerprint density at radius 1 is 1.04 bits per heavy atom.